The van der Waals surface area contributed by atoms with Crippen molar-refractivity contribution in [1.82, 2.24) is 9.97 Å². The van der Waals surface area contributed by atoms with Crippen LogP contribution in [0, 0.1) is 0 Å². The predicted molar refractivity (Wildman–Crippen MR) is 74.8 cm³/mol. The number of hydrogen-bond acceptors (Lipinski definition) is 4. The number of nitrogens with zero attached hydrogens (tertiary/aromatic N) is 2. The smallest absolute Gasteiger partial charge is 0.238 e. The van der Waals surface area contributed by atoms with Gasteiger partial charge in [-0.2, -0.15) is 4.98 Å². The number of hydrogen-bond donors (Lipinski definition) is 3. The molecule has 0 saturated carbocycles. The second-order valence-corrected chi connectivity index (χ2v) is 4.79. The molecule has 0 saturated heterocycles. The van der Waals surface area contributed by atoms with E-state index < -0.39 is 0 Å². The number of fused-ring (bicyclic) bond motifs is 1. The molecule has 0 radical (unpaired) electrons. The van der Waals surface area contributed by atoms with E-state index in [0.29, 0.717) is 5.69 Å². The van der Waals surface area contributed by atoms with E-state index >= 15 is 0 Å². The maximum absolute atomic E-state index is 9.56. The van der Waals surface area contributed by atoms with Crippen molar-refractivity contribution in [1.29, 1.82) is 0 Å². The number of halogens is 1. The lowest BCUT2D eigenvalue weighted by Gasteiger charge is -1.99. The molecule has 1 aromatic carbocycles. The van der Waals surface area contributed by atoms with Crippen LogP contribution in [0.1, 0.15) is 11.3 Å². The topological polar surface area (TPSA) is 87.3 Å². The Morgan fingerprint density at radius 1 is 1.39 bits per heavy atom. The fraction of sp³-hybridized carbons (Fsp3) is 0. The molecule has 2 heterocycles. The van der Waals surface area contributed by atoms with Gasteiger partial charge in [-0.1, -0.05) is 22.0 Å². The number of benzene rings is 1. The van der Waals surface area contributed by atoms with Crippen LogP contribution in [0.5, 0.6) is 5.88 Å². The second kappa shape index (κ2) is 3.99. The van der Waals surface area contributed by atoms with Crippen molar-refractivity contribution in [3.05, 3.63) is 33.9 Å². The third-order valence-corrected chi connectivity index (χ3v) is 3.14. The molecular formula is C12H9BrN4O. The molecule has 0 atom stereocenters. The molecule has 0 bridgehead atoms. The number of allylic oxidation sites excluding steroid dienone is 1. The lowest BCUT2D eigenvalue weighted by Crippen LogP contribution is -1.85. The fourth-order valence-corrected chi connectivity index (χ4v) is 2.18. The molecule has 18 heavy (non-hydrogen) atoms. The molecule has 0 aliphatic carbocycles. The van der Waals surface area contributed by atoms with Crippen molar-refractivity contribution in [2.75, 3.05) is 5.73 Å². The van der Waals surface area contributed by atoms with Gasteiger partial charge in [-0.05, 0) is 18.2 Å². The third kappa shape index (κ3) is 1.80. The summed E-state index contributed by atoms with van der Waals surface area (Å²) in [5.41, 5.74) is 8.75. The van der Waals surface area contributed by atoms with Gasteiger partial charge in [-0.25, -0.2) is 0 Å². The van der Waals surface area contributed by atoms with E-state index in [1.54, 1.807) is 12.3 Å². The minimum absolute atomic E-state index is 0.112. The number of rotatable bonds is 1. The Kier molecular flexibility index (Phi) is 2.45. The summed E-state index contributed by atoms with van der Waals surface area (Å²) in [4.78, 5) is 10.8. The highest BCUT2D eigenvalue weighted by Gasteiger charge is 2.14. The first-order valence-electron chi connectivity index (χ1n) is 5.23. The molecule has 90 valence electrons. The monoisotopic (exact) mass is 304 g/mol. The summed E-state index contributed by atoms with van der Waals surface area (Å²) in [5, 5.41) is 9.56. The Balaban J connectivity index is 2.07. The first kappa shape index (κ1) is 11.0. The summed E-state index contributed by atoms with van der Waals surface area (Å²) < 4.78 is 0.980. The number of aromatic amines is 1. The minimum Gasteiger partial charge on any atom is -0.492 e. The van der Waals surface area contributed by atoms with Crippen LogP contribution in [-0.2, 0) is 0 Å². The quantitative estimate of drug-likeness (QED) is 0.757. The van der Waals surface area contributed by atoms with Crippen LogP contribution in [-0.4, -0.2) is 21.3 Å². The van der Waals surface area contributed by atoms with Gasteiger partial charge in [0.2, 0.25) is 11.8 Å². The lowest BCUT2D eigenvalue weighted by molar-refractivity contribution is 0.456. The van der Waals surface area contributed by atoms with Gasteiger partial charge in [0.05, 0.1) is 5.69 Å². The zero-order chi connectivity index (χ0) is 12.7. The highest BCUT2D eigenvalue weighted by atomic mass is 79.9. The van der Waals surface area contributed by atoms with E-state index in [1.807, 2.05) is 18.2 Å². The van der Waals surface area contributed by atoms with E-state index in [4.69, 9.17) is 5.73 Å². The molecule has 0 spiro atoms. The minimum atomic E-state index is -0.112. The summed E-state index contributed by atoms with van der Waals surface area (Å²) >= 11 is 3.40. The molecule has 3 rings (SSSR count). The van der Waals surface area contributed by atoms with E-state index in [1.165, 1.54) is 0 Å². The zero-order valence-electron chi connectivity index (χ0n) is 9.18. The Hall–Kier alpha value is -2.08. The first-order valence-corrected chi connectivity index (χ1v) is 6.03. The number of nitrogen functional groups attached to an aromatic ring is 1. The maximum atomic E-state index is 9.56. The molecule has 6 heteroatoms. The van der Waals surface area contributed by atoms with Crippen LogP contribution in [0.3, 0.4) is 0 Å². The summed E-state index contributed by atoms with van der Waals surface area (Å²) in [5.74, 6) is 0.0734. The number of aromatic nitrogens is 2. The summed E-state index contributed by atoms with van der Waals surface area (Å²) in [6.07, 6.45) is 3.51. The number of anilines is 1. The average molecular weight is 305 g/mol. The molecule has 0 unspecified atom stereocenters. The molecule has 1 aliphatic heterocycles. The highest BCUT2D eigenvalue weighted by Crippen LogP contribution is 2.35. The van der Waals surface area contributed by atoms with Gasteiger partial charge in [0.15, 0.2) is 0 Å². The van der Waals surface area contributed by atoms with Gasteiger partial charge >= 0.3 is 0 Å². The number of nitrogens with one attached hydrogen (secondary N) is 1. The maximum Gasteiger partial charge on any atom is 0.238 e. The largest absolute Gasteiger partial charge is 0.492 e. The molecule has 2 aromatic rings. The highest BCUT2D eigenvalue weighted by molar-refractivity contribution is 9.10. The second-order valence-electron chi connectivity index (χ2n) is 3.88. The van der Waals surface area contributed by atoms with E-state index in [-0.39, 0.29) is 11.8 Å². The first-order chi connectivity index (χ1) is 8.63. The average Bonchev–Trinajstić information content (AvgIpc) is 2.84. The van der Waals surface area contributed by atoms with E-state index in [9.17, 15) is 5.11 Å². The predicted octanol–water partition coefficient (Wildman–Crippen LogP) is 2.72. The van der Waals surface area contributed by atoms with Crippen LogP contribution in [0.2, 0.25) is 0 Å². The molecular weight excluding hydrogens is 296 g/mol. The van der Waals surface area contributed by atoms with Gasteiger partial charge in [0, 0.05) is 21.8 Å². The number of aromatic hydroxyl groups is 1. The molecule has 0 fully saturated rings. The van der Waals surface area contributed by atoms with E-state index in [0.717, 1.165) is 21.3 Å². The standard InChI is InChI=1S/C12H9BrN4O/c13-7-1-2-8-6(5-15-9(8)4-7)3-10-11(18)17-12(14)16-10/h1-5,18H,(H3,14,16,17)/b6-3+. The Morgan fingerprint density at radius 2 is 2.22 bits per heavy atom. The van der Waals surface area contributed by atoms with Gasteiger partial charge in [0.25, 0.3) is 0 Å². The number of nitrogens with two attached hydrogens (primary N) is 1. The molecule has 1 aliphatic rings. The van der Waals surface area contributed by atoms with Crippen LogP contribution < -0.4 is 5.73 Å². The van der Waals surface area contributed by atoms with Crippen LogP contribution >= 0.6 is 15.9 Å². The summed E-state index contributed by atoms with van der Waals surface area (Å²) in [6.45, 7) is 0. The molecule has 4 N–H and O–H groups in total. The van der Waals surface area contributed by atoms with Gasteiger partial charge in [0.1, 0.15) is 5.69 Å². The normalized spacial score (nSPS) is 15.3. The van der Waals surface area contributed by atoms with Crippen molar-refractivity contribution in [2.45, 2.75) is 0 Å². The Morgan fingerprint density at radius 3 is 2.94 bits per heavy atom. The van der Waals surface area contributed by atoms with Crippen molar-refractivity contribution in [3.8, 4) is 5.88 Å². The number of H-pyrrole nitrogens is 1. The van der Waals surface area contributed by atoms with Crippen LogP contribution in [0.15, 0.2) is 27.7 Å². The molecule has 0 amide bonds. The number of imidazole rings is 1. The SMILES string of the molecule is Nc1nc(O)c(/C=C2\C=Nc3cc(Br)ccc32)[nH]1. The van der Waals surface area contributed by atoms with Crippen LogP contribution in [0.4, 0.5) is 11.6 Å². The van der Waals surface area contributed by atoms with Crippen molar-refractivity contribution < 1.29 is 5.11 Å². The molecule has 5 nitrogen and oxygen atoms in total. The molecule has 1 aromatic heterocycles. The van der Waals surface area contributed by atoms with Gasteiger partial charge < -0.3 is 15.8 Å². The van der Waals surface area contributed by atoms with Gasteiger partial charge in [-0.15, -0.1) is 0 Å². The van der Waals surface area contributed by atoms with Crippen molar-refractivity contribution >= 4 is 45.4 Å². The van der Waals surface area contributed by atoms with Crippen LogP contribution in [0.25, 0.3) is 11.6 Å². The Labute approximate surface area is 111 Å². The third-order valence-electron chi connectivity index (χ3n) is 2.64. The van der Waals surface area contributed by atoms with Crippen molar-refractivity contribution in [2.24, 2.45) is 4.99 Å². The fourth-order valence-electron chi connectivity index (χ4n) is 1.83. The summed E-state index contributed by atoms with van der Waals surface area (Å²) in [6, 6.07) is 5.85. The zero-order valence-corrected chi connectivity index (χ0v) is 10.8. The van der Waals surface area contributed by atoms with Gasteiger partial charge in [-0.3, -0.25) is 4.99 Å². The lowest BCUT2D eigenvalue weighted by atomic mass is 10.1. The Bertz CT molecular complexity index is 687. The van der Waals surface area contributed by atoms with Crippen molar-refractivity contribution in [3.63, 3.8) is 0 Å². The van der Waals surface area contributed by atoms with E-state index in [2.05, 4.69) is 30.9 Å². The summed E-state index contributed by atoms with van der Waals surface area (Å²) in [7, 11) is 0. The number of aliphatic imine (C=N–C) groups is 1.